The second-order valence-corrected chi connectivity index (χ2v) is 5.14. The molecular weight excluding hydrogens is 194 g/mol. The van der Waals surface area contributed by atoms with E-state index in [-0.39, 0.29) is 11.2 Å². The van der Waals surface area contributed by atoms with E-state index in [4.69, 9.17) is 0 Å². The Morgan fingerprint density at radius 2 is 2.21 bits per heavy atom. The van der Waals surface area contributed by atoms with Gasteiger partial charge in [0.2, 0.25) is 5.91 Å². The molecule has 82 valence electrons. The van der Waals surface area contributed by atoms with E-state index in [2.05, 4.69) is 26.5 Å². The Labute approximate surface area is 92.5 Å². The average molecular weight is 215 g/mol. The molecule has 0 aromatic rings. The number of hydrogen-bond acceptors (Lipinski definition) is 2. The zero-order valence-corrected chi connectivity index (χ0v) is 10.3. The van der Waals surface area contributed by atoms with Crippen LogP contribution in [-0.4, -0.2) is 28.6 Å². The lowest BCUT2D eigenvalue weighted by Crippen LogP contribution is -2.47. The Kier molecular flexibility index (Phi) is 4.30. The highest BCUT2D eigenvalue weighted by Crippen LogP contribution is 2.24. The Morgan fingerprint density at radius 1 is 1.57 bits per heavy atom. The highest BCUT2D eigenvalue weighted by atomic mass is 32.1. The number of likely N-dealkylation sites (tertiary alicyclic amines) is 1. The molecule has 1 fully saturated rings. The minimum Gasteiger partial charge on any atom is -0.339 e. The zero-order chi connectivity index (χ0) is 10.7. The van der Waals surface area contributed by atoms with E-state index in [0.29, 0.717) is 12.0 Å². The third-order valence-corrected chi connectivity index (χ3v) is 3.42. The Bertz CT molecular complexity index is 205. The molecule has 1 aliphatic rings. The molecule has 2 nitrogen and oxygen atoms in total. The van der Waals surface area contributed by atoms with Crippen LogP contribution in [0.4, 0.5) is 0 Å². The lowest BCUT2D eigenvalue weighted by atomic mass is 9.91. The second-order valence-electron chi connectivity index (χ2n) is 4.37. The predicted octanol–water partition coefficient (Wildman–Crippen LogP) is 2.34. The van der Waals surface area contributed by atoms with Gasteiger partial charge >= 0.3 is 0 Å². The van der Waals surface area contributed by atoms with Crippen molar-refractivity contribution in [3.05, 3.63) is 0 Å². The fourth-order valence-electron chi connectivity index (χ4n) is 2.06. The molecule has 1 rings (SSSR count). The van der Waals surface area contributed by atoms with Crippen molar-refractivity contribution in [3.63, 3.8) is 0 Å². The Balaban J connectivity index is 2.60. The molecule has 0 spiro atoms. The number of carbonyl (C=O) groups excluding carboxylic acids is 1. The number of nitrogens with zero attached hydrogens (tertiary/aromatic N) is 1. The summed E-state index contributed by atoms with van der Waals surface area (Å²) in [6, 6.07) is 0.403. The first-order valence-electron chi connectivity index (χ1n) is 5.54. The van der Waals surface area contributed by atoms with E-state index in [1.54, 1.807) is 0 Å². The van der Waals surface area contributed by atoms with Crippen molar-refractivity contribution in [3.8, 4) is 0 Å². The Morgan fingerprint density at radius 3 is 2.71 bits per heavy atom. The summed E-state index contributed by atoms with van der Waals surface area (Å²) < 4.78 is 0. The number of carbonyl (C=O) groups is 1. The van der Waals surface area contributed by atoms with Gasteiger partial charge in [0, 0.05) is 12.6 Å². The third-order valence-electron chi connectivity index (χ3n) is 3.20. The monoisotopic (exact) mass is 215 g/mol. The highest BCUT2D eigenvalue weighted by molar-refractivity contribution is 7.81. The van der Waals surface area contributed by atoms with E-state index in [0.717, 1.165) is 13.0 Å². The van der Waals surface area contributed by atoms with Crippen LogP contribution in [0.25, 0.3) is 0 Å². The van der Waals surface area contributed by atoms with E-state index in [1.165, 1.54) is 12.8 Å². The van der Waals surface area contributed by atoms with Gasteiger partial charge in [-0.25, -0.2) is 0 Å². The minimum atomic E-state index is -0.159. The molecule has 1 amide bonds. The largest absolute Gasteiger partial charge is 0.339 e. The third kappa shape index (κ3) is 2.66. The van der Waals surface area contributed by atoms with Gasteiger partial charge in [0.1, 0.15) is 0 Å². The summed E-state index contributed by atoms with van der Waals surface area (Å²) in [4.78, 5) is 13.8. The van der Waals surface area contributed by atoms with Crippen molar-refractivity contribution < 1.29 is 4.79 Å². The molecule has 1 aliphatic heterocycles. The molecule has 14 heavy (non-hydrogen) atoms. The van der Waals surface area contributed by atoms with Crippen molar-refractivity contribution >= 4 is 18.5 Å². The molecule has 0 aromatic heterocycles. The van der Waals surface area contributed by atoms with Crippen LogP contribution in [0.15, 0.2) is 0 Å². The van der Waals surface area contributed by atoms with Gasteiger partial charge in [0.05, 0.1) is 5.25 Å². The van der Waals surface area contributed by atoms with Crippen molar-refractivity contribution in [2.24, 2.45) is 5.92 Å². The normalized spacial score (nSPS) is 30.1. The first-order chi connectivity index (χ1) is 6.56. The summed E-state index contributed by atoms with van der Waals surface area (Å²) in [7, 11) is 0. The summed E-state index contributed by atoms with van der Waals surface area (Å²) >= 11 is 4.21. The van der Waals surface area contributed by atoms with Crippen molar-refractivity contribution in [2.75, 3.05) is 6.54 Å². The van der Waals surface area contributed by atoms with Gasteiger partial charge < -0.3 is 4.90 Å². The van der Waals surface area contributed by atoms with Crippen LogP contribution in [0, 0.1) is 5.92 Å². The van der Waals surface area contributed by atoms with Gasteiger partial charge in [-0.05, 0) is 32.6 Å². The van der Waals surface area contributed by atoms with Crippen LogP contribution in [0.3, 0.4) is 0 Å². The summed E-state index contributed by atoms with van der Waals surface area (Å²) in [5.41, 5.74) is 0. The first kappa shape index (κ1) is 11.9. The maximum absolute atomic E-state index is 11.8. The van der Waals surface area contributed by atoms with Crippen LogP contribution < -0.4 is 0 Å². The fourth-order valence-corrected chi connectivity index (χ4v) is 2.21. The molecule has 0 N–H and O–H groups in total. The van der Waals surface area contributed by atoms with Crippen LogP contribution in [-0.2, 0) is 4.79 Å². The summed E-state index contributed by atoms with van der Waals surface area (Å²) in [5.74, 6) is 0.890. The molecular formula is C11H21NOS. The maximum atomic E-state index is 11.8. The van der Waals surface area contributed by atoms with Crippen LogP contribution >= 0.6 is 12.6 Å². The quantitative estimate of drug-likeness (QED) is 0.701. The SMILES string of the molecule is CC[C@@H]1CC[C@H](C)N(C(=O)C(C)S)C1. The standard InChI is InChI=1S/C11H21NOS/c1-4-10-6-5-8(2)12(7-10)11(13)9(3)14/h8-10,14H,4-7H2,1-3H3/t8-,9?,10+/m0/s1. The average Bonchev–Trinajstić information content (AvgIpc) is 2.17. The van der Waals surface area contributed by atoms with E-state index >= 15 is 0 Å². The molecule has 0 radical (unpaired) electrons. The molecule has 0 bridgehead atoms. The van der Waals surface area contributed by atoms with Gasteiger partial charge in [-0.3, -0.25) is 4.79 Å². The summed E-state index contributed by atoms with van der Waals surface area (Å²) in [6.07, 6.45) is 3.59. The zero-order valence-electron chi connectivity index (χ0n) is 9.36. The molecule has 0 aromatic carbocycles. The molecule has 3 atom stereocenters. The predicted molar refractivity (Wildman–Crippen MR) is 62.6 cm³/mol. The second kappa shape index (κ2) is 5.06. The van der Waals surface area contributed by atoms with Gasteiger partial charge in [-0.15, -0.1) is 0 Å². The molecule has 0 saturated carbocycles. The van der Waals surface area contributed by atoms with E-state index < -0.39 is 0 Å². The van der Waals surface area contributed by atoms with Gasteiger partial charge in [0.25, 0.3) is 0 Å². The summed E-state index contributed by atoms with van der Waals surface area (Å²) in [6.45, 7) is 7.13. The van der Waals surface area contributed by atoms with Crippen LogP contribution in [0.5, 0.6) is 0 Å². The number of thiol groups is 1. The fraction of sp³-hybridized carbons (Fsp3) is 0.909. The summed E-state index contributed by atoms with van der Waals surface area (Å²) in [5, 5.41) is -0.159. The maximum Gasteiger partial charge on any atom is 0.235 e. The lowest BCUT2D eigenvalue weighted by Gasteiger charge is -2.38. The molecule has 0 aliphatic carbocycles. The van der Waals surface area contributed by atoms with Gasteiger partial charge in [0.15, 0.2) is 0 Å². The molecule has 3 heteroatoms. The van der Waals surface area contributed by atoms with E-state index in [9.17, 15) is 4.79 Å². The number of rotatable bonds is 2. The van der Waals surface area contributed by atoms with E-state index in [1.807, 2.05) is 11.8 Å². The highest BCUT2D eigenvalue weighted by Gasteiger charge is 2.29. The van der Waals surface area contributed by atoms with Gasteiger partial charge in [-0.1, -0.05) is 13.3 Å². The van der Waals surface area contributed by atoms with Crippen molar-refractivity contribution in [2.45, 2.75) is 51.3 Å². The number of hydrogen-bond donors (Lipinski definition) is 1. The molecule has 1 unspecified atom stereocenters. The van der Waals surface area contributed by atoms with Crippen molar-refractivity contribution in [1.29, 1.82) is 0 Å². The number of piperidine rings is 1. The lowest BCUT2D eigenvalue weighted by molar-refractivity contribution is -0.134. The minimum absolute atomic E-state index is 0.159. The van der Waals surface area contributed by atoms with Crippen LogP contribution in [0.2, 0.25) is 0 Å². The number of amides is 1. The Hall–Kier alpha value is -0.180. The smallest absolute Gasteiger partial charge is 0.235 e. The molecule has 1 heterocycles. The first-order valence-corrected chi connectivity index (χ1v) is 6.06. The topological polar surface area (TPSA) is 20.3 Å². The van der Waals surface area contributed by atoms with Crippen LogP contribution in [0.1, 0.15) is 40.0 Å². The van der Waals surface area contributed by atoms with Crippen molar-refractivity contribution in [1.82, 2.24) is 4.90 Å². The molecule has 1 saturated heterocycles. The van der Waals surface area contributed by atoms with Gasteiger partial charge in [-0.2, -0.15) is 12.6 Å².